The van der Waals surface area contributed by atoms with Crippen molar-refractivity contribution in [2.75, 3.05) is 0 Å². The summed E-state index contributed by atoms with van der Waals surface area (Å²) in [6, 6.07) is 0. The molecule has 1 aliphatic rings. The summed E-state index contributed by atoms with van der Waals surface area (Å²) in [7, 11) is 0. The topological polar surface area (TPSA) is 41.0 Å². The molecule has 126 valence electrons. The number of aryl methyl sites for hydroxylation is 2. The van der Waals surface area contributed by atoms with Gasteiger partial charge >= 0.3 is 0 Å². The highest BCUT2D eigenvalue weighted by Crippen LogP contribution is 2.34. The van der Waals surface area contributed by atoms with Gasteiger partial charge in [0, 0.05) is 4.91 Å². The lowest BCUT2D eigenvalue weighted by Gasteiger charge is -2.16. The van der Waals surface area contributed by atoms with Crippen LogP contribution >= 0.6 is 11.8 Å². The molecule has 0 spiro atoms. The average molecular weight is 340 g/mol. The number of nitrogens with zero attached hydrogens (tertiary/aromatic N) is 2. The Morgan fingerprint density at radius 1 is 1.38 bits per heavy atom. The van der Waals surface area contributed by atoms with Crippen molar-refractivity contribution in [3.8, 4) is 0 Å². The predicted molar refractivity (Wildman–Crippen MR) is 107 cm³/mol. The van der Waals surface area contributed by atoms with Crippen LogP contribution in [0.5, 0.6) is 0 Å². The molecule has 0 atom stereocenters. The van der Waals surface area contributed by atoms with Crippen LogP contribution in [0.3, 0.4) is 0 Å². The second kappa shape index (κ2) is 8.15. The van der Waals surface area contributed by atoms with Gasteiger partial charge in [-0.1, -0.05) is 48.2 Å². The van der Waals surface area contributed by atoms with Gasteiger partial charge in [-0.05, 0) is 58.3 Å². The van der Waals surface area contributed by atoms with Gasteiger partial charge in [0.05, 0.1) is 5.69 Å². The van der Waals surface area contributed by atoms with Crippen molar-refractivity contribution < 1.29 is 0 Å². The van der Waals surface area contributed by atoms with Crippen LogP contribution in [0.25, 0.3) is 0 Å². The van der Waals surface area contributed by atoms with Crippen LogP contribution in [0.1, 0.15) is 38.2 Å². The smallest absolute Gasteiger partial charge is 0.174 e. The van der Waals surface area contributed by atoms with E-state index in [1.165, 1.54) is 11.1 Å². The Kier molecular flexibility index (Phi) is 6.21. The molecule has 0 amide bonds. The van der Waals surface area contributed by atoms with E-state index in [1.807, 2.05) is 20.8 Å². The Balaban J connectivity index is 2.37. The number of aliphatic imine (C=N–C) groups is 1. The number of thioether (sulfide) groups is 1. The van der Waals surface area contributed by atoms with Crippen molar-refractivity contribution >= 4 is 22.6 Å². The van der Waals surface area contributed by atoms with E-state index in [-0.39, 0.29) is 0 Å². The van der Waals surface area contributed by atoms with E-state index in [1.54, 1.807) is 17.8 Å². The molecule has 0 fully saturated rings. The molecule has 1 aromatic rings. The van der Waals surface area contributed by atoms with Gasteiger partial charge in [0.2, 0.25) is 0 Å². The third-order valence-electron chi connectivity index (χ3n) is 3.66. The molecule has 0 saturated heterocycles. The van der Waals surface area contributed by atoms with Gasteiger partial charge in [0.15, 0.2) is 5.82 Å². The molecule has 1 aliphatic carbocycles. The summed E-state index contributed by atoms with van der Waals surface area (Å²) >= 11 is 1.61. The summed E-state index contributed by atoms with van der Waals surface area (Å²) in [5.74, 6) is 1.58. The first-order chi connectivity index (χ1) is 11.4. The molecule has 3 nitrogen and oxygen atoms in total. The molecular weight excluding hydrogens is 314 g/mol. The average Bonchev–Trinajstić information content (AvgIpc) is 2.83. The standard InChI is InChI=1S/C20H25N3S/c1-7-19(23-20-15(5)21-16(6)22-20)24-18(12-13(2)3)17-11-9-8-10-14(17)4/h7,9,11-12H,1-2,8,10H2,3-6H3,(H,21,22)/b18-12+,23-19?. The number of aromatic nitrogens is 2. The molecule has 24 heavy (non-hydrogen) atoms. The van der Waals surface area contributed by atoms with Gasteiger partial charge in [-0.15, -0.1) is 0 Å². The highest BCUT2D eigenvalue weighted by molar-refractivity contribution is 8.17. The van der Waals surface area contributed by atoms with Crippen LogP contribution in [0.2, 0.25) is 0 Å². The van der Waals surface area contributed by atoms with Gasteiger partial charge in [0.1, 0.15) is 10.9 Å². The zero-order chi connectivity index (χ0) is 17.7. The van der Waals surface area contributed by atoms with Gasteiger partial charge < -0.3 is 4.98 Å². The second-order valence-corrected chi connectivity index (χ2v) is 7.08. The second-order valence-electron chi connectivity index (χ2n) is 6.02. The summed E-state index contributed by atoms with van der Waals surface area (Å²) in [5, 5.41) is 0.830. The van der Waals surface area contributed by atoms with E-state index in [0.29, 0.717) is 0 Å². The Bertz CT molecular complexity index is 773. The van der Waals surface area contributed by atoms with Crippen LogP contribution in [0, 0.1) is 13.8 Å². The van der Waals surface area contributed by atoms with Crippen LogP contribution in [-0.2, 0) is 0 Å². The fourth-order valence-electron chi connectivity index (χ4n) is 2.49. The number of aromatic amines is 1. The van der Waals surface area contributed by atoms with E-state index in [0.717, 1.165) is 45.7 Å². The Morgan fingerprint density at radius 2 is 2.12 bits per heavy atom. The molecular formula is C20H25N3S. The minimum atomic E-state index is 0.717. The van der Waals surface area contributed by atoms with E-state index in [2.05, 4.69) is 53.3 Å². The lowest BCUT2D eigenvalue weighted by Crippen LogP contribution is -1.97. The van der Waals surface area contributed by atoms with Crippen LogP contribution in [-0.4, -0.2) is 15.0 Å². The molecule has 0 radical (unpaired) electrons. The lowest BCUT2D eigenvalue weighted by molar-refractivity contribution is 0.947. The Morgan fingerprint density at radius 3 is 2.67 bits per heavy atom. The highest BCUT2D eigenvalue weighted by Gasteiger charge is 2.13. The molecule has 4 heteroatoms. The predicted octanol–water partition coefficient (Wildman–Crippen LogP) is 6.10. The van der Waals surface area contributed by atoms with Crippen LogP contribution in [0.15, 0.2) is 64.1 Å². The zero-order valence-electron chi connectivity index (χ0n) is 14.9. The minimum absolute atomic E-state index is 0.717. The molecule has 0 saturated carbocycles. The molecule has 1 N–H and O–H groups in total. The fraction of sp³-hybridized carbons (Fsp3) is 0.300. The lowest BCUT2D eigenvalue weighted by atomic mass is 9.98. The molecule has 0 bridgehead atoms. The van der Waals surface area contributed by atoms with Crippen molar-refractivity contribution in [3.63, 3.8) is 0 Å². The van der Waals surface area contributed by atoms with E-state index in [9.17, 15) is 0 Å². The van der Waals surface area contributed by atoms with Gasteiger partial charge in [0.25, 0.3) is 0 Å². The summed E-state index contributed by atoms with van der Waals surface area (Å²) in [5.41, 5.74) is 4.64. The quantitative estimate of drug-likeness (QED) is 0.400. The van der Waals surface area contributed by atoms with Crippen molar-refractivity contribution in [1.82, 2.24) is 9.97 Å². The van der Waals surface area contributed by atoms with E-state index < -0.39 is 0 Å². The summed E-state index contributed by atoms with van der Waals surface area (Å²) in [4.78, 5) is 13.4. The summed E-state index contributed by atoms with van der Waals surface area (Å²) < 4.78 is 0. The zero-order valence-corrected chi connectivity index (χ0v) is 15.8. The maximum Gasteiger partial charge on any atom is 0.174 e. The molecule has 2 rings (SSSR count). The van der Waals surface area contributed by atoms with E-state index in [4.69, 9.17) is 0 Å². The highest BCUT2D eigenvalue weighted by atomic mass is 32.2. The summed E-state index contributed by atoms with van der Waals surface area (Å²) in [6.07, 6.45) is 10.5. The number of H-pyrrole nitrogens is 1. The number of allylic oxidation sites excluding steroid dienone is 6. The van der Waals surface area contributed by atoms with Gasteiger partial charge in [-0.2, -0.15) is 0 Å². The first kappa shape index (κ1) is 18.3. The normalized spacial score (nSPS) is 15.8. The Labute approximate surface area is 149 Å². The number of hydrogen-bond donors (Lipinski definition) is 1. The third-order valence-corrected chi connectivity index (χ3v) is 4.68. The van der Waals surface area contributed by atoms with E-state index >= 15 is 0 Å². The van der Waals surface area contributed by atoms with Crippen molar-refractivity contribution in [3.05, 3.63) is 70.6 Å². The van der Waals surface area contributed by atoms with Crippen molar-refractivity contribution in [1.29, 1.82) is 0 Å². The number of nitrogens with one attached hydrogen (secondary N) is 1. The SMILES string of the molecule is C=CC(=Nc1nc(C)[nH]c1C)S/C(=C/C(=C)C)C1=C(C)CCC=C1. The molecule has 1 aromatic heterocycles. The molecule has 1 heterocycles. The van der Waals surface area contributed by atoms with Gasteiger partial charge in [-0.3, -0.25) is 0 Å². The number of imidazole rings is 1. The molecule has 0 aliphatic heterocycles. The van der Waals surface area contributed by atoms with Crippen molar-refractivity contribution in [2.24, 2.45) is 4.99 Å². The molecule has 0 aromatic carbocycles. The first-order valence-corrected chi connectivity index (χ1v) is 8.88. The van der Waals surface area contributed by atoms with Crippen LogP contribution in [0.4, 0.5) is 5.82 Å². The maximum atomic E-state index is 4.67. The fourth-order valence-corrected chi connectivity index (χ4v) is 3.54. The van der Waals surface area contributed by atoms with Crippen LogP contribution < -0.4 is 0 Å². The number of hydrogen-bond acceptors (Lipinski definition) is 3. The number of rotatable bonds is 5. The summed E-state index contributed by atoms with van der Waals surface area (Å²) in [6.45, 7) is 16.1. The third kappa shape index (κ3) is 4.71. The molecule has 0 unspecified atom stereocenters. The van der Waals surface area contributed by atoms with Gasteiger partial charge in [-0.25, -0.2) is 9.98 Å². The maximum absolute atomic E-state index is 4.67. The monoisotopic (exact) mass is 339 g/mol. The largest absolute Gasteiger partial charge is 0.344 e. The van der Waals surface area contributed by atoms with Crippen molar-refractivity contribution in [2.45, 2.75) is 40.5 Å². The minimum Gasteiger partial charge on any atom is -0.344 e. The first-order valence-electron chi connectivity index (χ1n) is 8.06. The Hall–Kier alpha value is -2.07.